The van der Waals surface area contributed by atoms with Crippen molar-refractivity contribution in [2.75, 3.05) is 10.6 Å². The van der Waals surface area contributed by atoms with Gasteiger partial charge in [0.1, 0.15) is 17.5 Å². The molecule has 0 unspecified atom stereocenters. The number of nitrogens with one attached hydrogen (secondary N) is 2. The molecule has 6 nitrogen and oxygen atoms in total. The molecule has 3 N–H and O–H groups in total. The third-order valence-corrected chi connectivity index (χ3v) is 2.96. The maximum Gasteiger partial charge on any atom is 0.335 e. The van der Waals surface area contributed by atoms with Crippen LogP contribution in [0.25, 0.3) is 0 Å². The Morgan fingerprint density at radius 3 is 2.42 bits per heavy atom. The Labute approximate surface area is 136 Å². The third-order valence-electron chi connectivity index (χ3n) is 2.96. The monoisotopic (exact) mass is 325 g/mol. The Morgan fingerprint density at radius 1 is 1.12 bits per heavy atom. The zero-order valence-corrected chi connectivity index (χ0v) is 12.3. The van der Waals surface area contributed by atoms with Crippen molar-refractivity contribution in [1.82, 2.24) is 0 Å². The van der Waals surface area contributed by atoms with E-state index in [1.165, 1.54) is 42.5 Å². The number of carbonyl (C=O) groups is 2. The van der Waals surface area contributed by atoms with E-state index in [0.717, 1.165) is 6.20 Å². The van der Waals surface area contributed by atoms with E-state index in [2.05, 4.69) is 10.6 Å². The van der Waals surface area contributed by atoms with Gasteiger partial charge in [-0.1, -0.05) is 6.07 Å². The molecule has 2 rings (SSSR count). The number of amides is 1. The number of aromatic carboxylic acids is 1. The van der Waals surface area contributed by atoms with Gasteiger partial charge in [-0.2, -0.15) is 5.26 Å². The van der Waals surface area contributed by atoms with E-state index in [1.54, 1.807) is 12.1 Å². The van der Waals surface area contributed by atoms with E-state index in [0.29, 0.717) is 11.4 Å². The molecule has 0 saturated carbocycles. The molecule has 0 aliphatic rings. The normalized spacial score (nSPS) is 10.6. The lowest BCUT2D eigenvalue weighted by molar-refractivity contribution is -0.112. The minimum Gasteiger partial charge on any atom is -0.478 e. The molecule has 120 valence electrons. The molecular formula is C17H12FN3O3. The van der Waals surface area contributed by atoms with Crippen molar-refractivity contribution >= 4 is 23.3 Å². The van der Waals surface area contributed by atoms with Gasteiger partial charge in [0.2, 0.25) is 0 Å². The third kappa shape index (κ3) is 4.42. The standard InChI is InChI=1S/C17H12FN3O3/c18-13-2-1-3-15(8-13)20-10-12(9-19)16(22)21-14-6-4-11(5-7-14)17(23)24/h1-8,10,20H,(H,21,22)(H,23,24)/b12-10-. The van der Waals surface area contributed by atoms with Crippen LogP contribution in [0.5, 0.6) is 0 Å². The summed E-state index contributed by atoms with van der Waals surface area (Å²) in [5.74, 6) is -2.20. The van der Waals surface area contributed by atoms with Crippen LogP contribution in [0.3, 0.4) is 0 Å². The highest BCUT2D eigenvalue weighted by Crippen LogP contribution is 2.12. The van der Waals surface area contributed by atoms with Gasteiger partial charge in [-0.05, 0) is 42.5 Å². The zero-order chi connectivity index (χ0) is 17.5. The molecule has 0 aliphatic carbocycles. The summed E-state index contributed by atoms with van der Waals surface area (Å²) in [5.41, 5.74) is 0.594. The lowest BCUT2D eigenvalue weighted by atomic mass is 10.2. The summed E-state index contributed by atoms with van der Waals surface area (Å²) in [4.78, 5) is 22.8. The fourth-order valence-corrected chi connectivity index (χ4v) is 1.78. The van der Waals surface area contributed by atoms with Gasteiger partial charge in [-0.25, -0.2) is 9.18 Å². The first-order valence-electron chi connectivity index (χ1n) is 6.76. The predicted molar refractivity (Wildman–Crippen MR) is 85.7 cm³/mol. The Hall–Kier alpha value is -3.66. The molecule has 0 fully saturated rings. The molecule has 0 atom stereocenters. The van der Waals surface area contributed by atoms with Crippen molar-refractivity contribution < 1.29 is 19.1 Å². The molecule has 0 aromatic heterocycles. The van der Waals surface area contributed by atoms with Gasteiger partial charge in [0.25, 0.3) is 5.91 Å². The average molecular weight is 325 g/mol. The number of halogens is 1. The number of anilines is 2. The number of nitriles is 1. The molecule has 0 heterocycles. The number of carbonyl (C=O) groups excluding carboxylic acids is 1. The summed E-state index contributed by atoms with van der Waals surface area (Å²) >= 11 is 0. The van der Waals surface area contributed by atoms with Crippen LogP contribution in [0.1, 0.15) is 10.4 Å². The van der Waals surface area contributed by atoms with Crippen LogP contribution in [0.4, 0.5) is 15.8 Å². The van der Waals surface area contributed by atoms with Gasteiger partial charge in [0, 0.05) is 17.6 Å². The number of rotatable bonds is 5. The maximum atomic E-state index is 13.1. The number of benzene rings is 2. The van der Waals surface area contributed by atoms with Crippen molar-refractivity contribution in [2.24, 2.45) is 0 Å². The van der Waals surface area contributed by atoms with Crippen LogP contribution in [-0.4, -0.2) is 17.0 Å². The van der Waals surface area contributed by atoms with E-state index in [-0.39, 0.29) is 11.1 Å². The highest BCUT2D eigenvalue weighted by molar-refractivity contribution is 6.06. The topological polar surface area (TPSA) is 102 Å². The first-order valence-corrected chi connectivity index (χ1v) is 6.76. The van der Waals surface area contributed by atoms with Crippen molar-refractivity contribution in [1.29, 1.82) is 5.26 Å². The van der Waals surface area contributed by atoms with E-state index in [4.69, 9.17) is 10.4 Å². The maximum absolute atomic E-state index is 13.1. The SMILES string of the molecule is N#C/C(=C/Nc1cccc(F)c1)C(=O)Nc1ccc(C(=O)O)cc1. The molecule has 7 heteroatoms. The summed E-state index contributed by atoms with van der Waals surface area (Å²) < 4.78 is 13.1. The van der Waals surface area contributed by atoms with Crippen LogP contribution < -0.4 is 10.6 Å². The molecule has 1 amide bonds. The lowest BCUT2D eigenvalue weighted by Crippen LogP contribution is -2.14. The van der Waals surface area contributed by atoms with Gasteiger partial charge >= 0.3 is 5.97 Å². The zero-order valence-electron chi connectivity index (χ0n) is 12.3. The fourth-order valence-electron chi connectivity index (χ4n) is 1.78. The molecule has 0 radical (unpaired) electrons. The van der Waals surface area contributed by atoms with Gasteiger partial charge in [0.05, 0.1) is 5.56 Å². The Bertz CT molecular complexity index is 839. The summed E-state index contributed by atoms with van der Waals surface area (Å²) in [6.07, 6.45) is 1.16. The lowest BCUT2D eigenvalue weighted by Gasteiger charge is -2.05. The molecule has 0 bridgehead atoms. The van der Waals surface area contributed by atoms with Crippen LogP contribution >= 0.6 is 0 Å². The van der Waals surface area contributed by atoms with Crippen molar-refractivity contribution in [3.63, 3.8) is 0 Å². The number of hydrogen-bond acceptors (Lipinski definition) is 4. The Balaban J connectivity index is 2.07. The molecule has 2 aromatic rings. The fraction of sp³-hybridized carbons (Fsp3) is 0. The number of carboxylic acids is 1. The second-order valence-electron chi connectivity index (χ2n) is 4.66. The highest BCUT2D eigenvalue weighted by Gasteiger charge is 2.10. The van der Waals surface area contributed by atoms with Crippen LogP contribution in [0.15, 0.2) is 60.3 Å². The van der Waals surface area contributed by atoms with Crippen LogP contribution in [-0.2, 0) is 4.79 Å². The van der Waals surface area contributed by atoms with Crippen molar-refractivity contribution in [3.8, 4) is 6.07 Å². The number of nitrogens with zero attached hydrogens (tertiary/aromatic N) is 1. The summed E-state index contributed by atoms with van der Waals surface area (Å²) in [6, 6.07) is 12.8. The first-order chi connectivity index (χ1) is 11.5. The van der Waals surface area contributed by atoms with Crippen molar-refractivity contribution in [3.05, 3.63) is 71.7 Å². The minimum atomic E-state index is -1.08. The molecule has 0 spiro atoms. The average Bonchev–Trinajstić information content (AvgIpc) is 2.56. The molecule has 24 heavy (non-hydrogen) atoms. The van der Waals surface area contributed by atoms with E-state index in [1.807, 2.05) is 0 Å². The Morgan fingerprint density at radius 2 is 1.83 bits per heavy atom. The second kappa shape index (κ2) is 7.56. The highest BCUT2D eigenvalue weighted by atomic mass is 19.1. The summed E-state index contributed by atoms with van der Waals surface area (Å²) in [5, 5.41) is 23.0. The Kier molecular flexibility index (Phi) is 5.26. The van der Waals surface area contributed by atoms with Gasteiger partial charge in [-0.15, -0.1) is 0 Å². The largest absolute Gasteiger partial charge is 0.478 e. The van der Waals surface area contributed by atoms with Gasteiger partial charge in [-0.3, -0.25) is 4.79 Å². The predicted octanol–water partition coefficient (Wildman–Crippen LogP) is 2.98. The van der Waals surface area contributed by atoms with Gasteiger partial charge < -0.3 is 15.7 Å². The molecule has 2 aromatic carbocycles. The molecule has 0 aliphatic heterocycles. The van der Waals surface area contributed by atoms with Crippen LogP contribution in [0, 0.1) is 17.1 Å². The smallest absolute Gasteiger partial charge is 0.335 e. The number of hydrogen-bond donors (Lipinski definition) is 3. The molecular weight excluding hydrogens is 313 g/mol. The minimum absolute atomic E-state index is 0.0804. The second-order valence-corrected chi connectivity index (χ2v) is 4.66. The van der Waals surface area contributed by atoms with E-state index < -0.39 is 17.7 Å². The van der Waals surface area contributed by atoms with E-state index in [9.17, 15) is 14.0 Å². The first kappa shape index (κ1) is 16.7. The van der Waals surface area contributed by atoms with E-state index >= 15 is 0 Å². The molecule has 0 saturated heterocycles. The number of carboxylic acid groups (broad SMARTS) is 1. The van der Waals surface area contributed by atoms with Gasteiger partial charge in [0.15, 0.2) is 0 Å². The summed E-state index contributed by atoms with van der Waals surface area (Å²) in [7, 11) is 0. The van der Waals surface area contributed by atoms with Crippen molar-refractivity contribution in [2.45, 2.75) is 0 Å². The summed E-state index contributed by atoms with van der Waals surface area (Å²) in [6.45, 7) is 0. The van der Waals surface area contributed by atoms with Crippen LogP contribution in [0.2, 0.25) is 0 Å². The quantitative estimate of drug-likeness (QED) is 0.579.